The maximum Gasteiger partial charge on any atom is 0.417 e. The zero-order valence-electron chi connectivity index (χ0n) is 19.2. The number of hydrogen-bond donors (Lipinski definition) is 2. The van der Waals surface area contributed by atoms with Crippen LogP contribution in [0.5, 0.6) is 5.75 Å². The number of nitrogens with one attached hydrogen (secondary N) is 2. The summed E-state index contributed by atoms with van der Waals surface area (Å²) in [4.78, 5) is 39.4. The number of aromatic nitrogens is 1. The van der Waals surface area contributed by atoms with E-state index in [-0.39, 0.29) is 19.2 Å². The van der Waals surface area contributed by atoms with Gasteiger partial charge in [0, 0.05) is 44.9 Å². The number of carbonyl (C=O) groups excluding carboxylic acids is 2. The van der Waals surface area contributed by atoms with Crippen LogP contribution in [-0.2, 0) is 15.7 Å². The van der Waals surface area contributed by atoms with Gasteiger partial charge in [0.05, 0.1) is 27.7 Å². The molecule has 1 aromatic heterocycles. The van der Waals surface area contributed by atoms with Gasteiger partial charge >= 0.3 is 12.1 Å². The zero-order valence-corrected chi connectivity index (χ0v) is 20.7. The summed E-state index contributed by atoms with van der Waals surface area (Å²) in [5.74, 6) is -1.04. The second-order valence-electron chi connectivity index (χ2n) is 8.26. The molecule has 1 aliphatic heterocycles. The number of likely N-dealkylation sites (tertiary alicyclic amines) is 1. The number of pyridine rings is 1. The van der Waals surface area contributed by atoms with Gasteiger partial charge in [0.1, 0.15) is 18.0 Å². The summed E-state index contributed by atoms with van der Waals surface area (Å²) < 4.78 is 51.0. The first-order valence-corrected chi connectivity index (χ1v) is 11.8. The van der Waals surface area contributed by atoms with Crippen molar-refractivity contribution in [1.82, 2.24) is 15.2 Å². The molecule has 0 spiro atoms. The minimum atomic E-state index is -4.89. The third-order valence-corrected chi connectivity index (χ3v) is 6.23. The smallest absolute Gasteiger partial charge is 0.417 e. The standard InChI is InChI=1S/C23H24Cl2F3N3O5/c1-13(32)35-16(10-30-22(34)17-11-29-21(33)9-18(17)23(26,27)28)12-31-6-4-14(5-7-31)36-15-2-3-19(24)20(25)8-15/h2-3,8-9,11,14,16H,4-7,10,12H2,1H3,(H,29,33)(H,30,34)/t16-/m1/s1. The number of alkyl halides is 3. The van der Waals surface area contributed by atoms with E-state index in [1.807, 2.05) is 4.90 Å². The summed E-state index contributed by atoms with van der Waals surface area (Å²) in [6.45, 7) is 2.47. The fourth-order valence-electron chi connectivity index (χ4n) is 3.81. The molecule has 1 saturated heterocycles. The summed E-state index contributed by atoms with van der Waals surface area (Å²) in [5.41, 5.74) is -3.07. The van der Waals surface area contributed by atoms with Crippen LogP contribution in [0.25, 0.3) is 0 Å². The van der Waals surface area contributed by atoms with Crippen LogP contribution >= 0.6 is 23.2 Å². The van der Waals surface area contributed by atoms with E-state index in [1.54, 1.807) is 18.2 Å². The van der Waals surface area contributed by atoms with E-state index in [1.165, 1.54) is 6.92 Å². The number of benzene rings is 1. The summed E-state index contributed by atoms with van der Waals surface area (Å²) in [6, 6.07) is 5.34. The highest BCUT2D eigenvalue weighted by atomic mass is 35.5. The van der Waals surface area contributed by atoms with Crippen LogP contribution in [0.3, 0.4) is 0 Å². The predicted octanol–water partition coefficient (Wildman–Crippen LogP) is 3.91. The van der Waals surface area contributed by atoms with Crippen molar-refractivity contribution in [2.75, 3.05) is 26.2 Å². The molecule has 2 N–H and O–H groups in total. The monoisotopic (exact) mass is 549 g/mol. The normalized spacial score (nSPS) is 15.8. The third kappa shape index (κ3) is 7.87. The lowest BCUT2D eigenvalue weighted by Gasteiger charge is -2.34. The van der Waals surface area contributed by atoms with Crippen molar-refractivity contribution in [3.63, 3.8) is 0 Å². The maximum absolute atomic E-state index is 13.2. The van der Waals surface area contributed by atoms with Gasteiger partial charge in [-0.2, -0.15) is 13.2 Å². The second kappa shape index (κ2) is 12.0. The molecule has 8 nitrogen and oxygen atoms in total. The maximum atomic E-state index is 13.2. The van der Waals surface area contributed by atoms with Gasteiger partial charge in [-0.05, 0) is 25.0 Å². The molecule has 0 bridgehead atoms. The van der Waals surface area contributed by atoms with Crippen molar-refractivity contribution >= 4 is 35.1 Å². The summed E-state index contributed by atoms with van der Waals surface area (Å²) >= 11 is 11.9. The van der Waals surface area contributed by atoms with Crippen LogP contribution in [-0.4, -0.2) is 60.1 Å². The molecule has 0 saturated carbocycles. The number of rotatable bonds is 8. The number of nitrogens with zero attached hydrogens (tertiary/aromatic N) is 1. The number of piperidine rings is 1. The van der Waals surface area contributed by atoms with Crippen molar-refractivity contribution in [3.05, 3.63) is 62.0 Å². The van der Waals surface area contributed by atoms with Crippen LogP contribution < -0.4 is 15.6 Å². The predicted molar refractivity (Wildman–Crippen MR) is 127 cm³/mol. The molecule has 196 valence electrons. The van der Waals surface area contributed by atoms with E-state index in [0.717, 1.165) is 0 Å². The topological polar surface area (TPSA) is 101 Å². The lowest BCUT2D eigenvalue weighted by atomic mass is 10.1. The number of carbonyl (C=O) groups is 2. The molecule has 13 heteroatoms. The van der Waals surface area contributed by atoms with Crippen molar-refractivity contribution in [2.45, 2.75) is 38.1 Å². The Balaban J connectivity index is 1.56. The van der Waals surface area contributed by atoms with Gasteiger partial charge in [-0.3, -0.25) is 19.3 Å². The molecule has 1 aliphatic rings. The Hall–Kier alpha value is -2.76. The molecule has 36 heavy (non-hydrogen) atoms. The van der Waals surface area contributed by atoms with Crippen LogP contribution in [0.2, 0.25) is 10.0 Å². The molecule has 2 heterocycles. The molecule has 0 aliphatic carbocycles. The number of H-pyrrole nitrogens is 1. The highest BCUT2D eigenvalue weighted by molar-refractivity contribution is 6.42. The fourth-order valence-corrected chi connectivity index (χ4v) is 4.10. The first kappa shape index (κ1) is 27.8. The van der Waals surface area contributed by atoms with E-state index in [0.29, 0.717) is 54.0 Å². The Morgan fingerprint density at radius 3 is 2.50 bits per heavy atom. The SMILES string of the molecule is CC(=O)O[C@H](CNC(=O)c1c[nH]c(=O)cc1C(F)(F)F)CN1CCC(Oc2ccc(Cl)c(Cl)c2)CC1. The molecule has 1 fully saturated rings. The van der Waals surface area contributed by atoms with E-state index >= 15 is 0 Å². The Morgan fingerprint density at radius 2 is 1.89 bits per heavy atom. The Morgan fingerprint density at radius 1 is 1.19 bits per heavy atom. The van der Waals surface area contributed by atoms with Crippen LogP contribution in [0.4, 0.5) is 13.2 Å². The van der Waals surface area contributed by atoms with E-state index in [9.17, 15) is 27.6 Å². The third-order valence-electron chi connectivity index (χ3n) is 5.49. The highest BCUT2D eigenvalue weighted by Gasteiger charge is 2.36. The molecule has 1 aromatic carbocycles. The van der Waals surface area contributed by atoms with Crippen molar-refractivity contribution in [3.8, 4) is 5.75 Å². The van der Waals surface area contributed by atoms with Crippen molar-refractivity contribution in [2.24, 2.45) is 0 Å². The summed E-state index contributed by atoms with van der Waals surface area (Å²) in [5, 5.41) is 3.18. The van der Waals surface area contributed by atoms with Crippen LogP contribution in [0.1, 0.15) is 35.7 Å². The summed E-state index contributed by atoms with van der Waals surface area (Å²) in [6.07, 6.45) is -3.69. The fraction of sp³-hybridized carbons (Fsp3) is 0.435. The lowest BCUT2D eigenvalue weighted by molar-refractivity contribution is -0.147. The van der Waals surface area contributed by atoms with E-state index in [4.69, 9.17) is 32.7 Å². The molecule has 2 aromatic rings. The minimum Gasteiger partial charge on any atom is -0.490 e. The molecule has 1 atom stereocenters. The first-order valence-electron chi connectivity index (χ1n) is 11.0. The van der Waals surface area contributed by atoms with Gasteiger partial charge in [0.25, 0.3) is 5.91 Å². The minimum absolute atomic E-state index is 0.0635. The number of ether oxygens (including phenoxy) is 2. The average molecular weight is 550 g/mol. The van der Waals surface area contributed by atoms with Crippen LogP contribution in [0, 0.1) is 0 Å². The molecule has 0 unspecified atom stereocenters. The quantitative estimate of drug-likeness (QED) is 0.484. The van der Waals surface area contributed by atoms with Gasteiger partial charge in [-0.1, -0.05) is 23.2 Å². The van der Waals surface area contributed by atoms with Crippen LogP contribution in [0.15, 0.2) is 35.3 Å². The van der Waals surface area contributed by atoms with E-state index in [2.05, 4.69) is 10.3 Å². The van der Waals surface area contributed by atoms with Crippen molar-refractivity contribution in [1.29, 1.82) is 0 Å². The van der Waals surface area contributed by atoms with Gasteiger partial charge in [0.15, 0.2) is 0 Å². The highest BCUT2D eigenvalue weighted by Crippen LogP contribution is 2.31. The molecular formula is C23H24Cl2F3N3O5. The molecule has 1 amide bonds. The van der Waals surface area contributed by atoms with E-state index < -0.39 is 40.8 Å². The number of aromatic amines is 1. The van der Waals surface area contributed by atoms with Gasteiger partial charge < -0.3 is 19.8 Å². The Labute approximate surface area is 214 Å². The Bertz CT molecular complexity index is 1150. The second-order valence-corrected chi connectivity index (χ2v) is 9.07. The zero-order chi connectivity index (χ0) is 26.5. The molecule has 3 rings (SSSR count). The Kier molecular flexibility index (Phi) is 9.26. The number of hydrogen-bond acceptors (Lipinski definition) is 6. The molecule has 0 radical (unpaired) electrons. The molecular weight excluding hydrogens is 526 g/mol. The average Bonchev–Trinajstić information content (AvgIpc) is 2.80. The van der Waals surface area contributed by atoms with Gasteiger partial charge in [-0.15, -0.1) is 0 Å². The number of esters is 1. The first-order chi connectivity index (χ1) is 16.9. The largest absolute Gasteiger partial charge is 0.490 e. The number of halogens is 5. The van der Waals surface area contributed by atoms with Crippen molar-refractivity contribution < 1.29 is 32.2 Å². The van der Waals surface area contributed by atoms with Gasteiger partial charge in [-0.25, -0.2) is 0 Å². The number of amides is 1. The lowest BCUT2D eigenvalue weighted by Crippen LogP contribution is -2.46. The summed E-state index contributed by atoms with van der Waals surface area (Å²) in [7, 11) is 0. The van der Waals surface area contributed by atoms with Gasteiger partial charge in [0.2, 0.25) is 5.56 Å².